The molecule has 0 heterocycles. The minimum atomic E-state index is -0.799. The van der Waals surface area contributed by atoms with E-state index in [-0.39, 0.29) is 5.92 Å². The number of amides is 2. The van der Waals surface area contributed by atoms with Crippen molar-refractivity contribution in [3.8, 4) is 0 Å². The minimum absolute atomic E-state index is 0.0357. The predicted molar refractivity (Wildman–Crippen MR) is 96.0 cm³/mol. The first-order chi connectivity index (χ1) is 11.5. The van der Waals surface area contributed by atoms with Crippen molar-refractivity contribution in [3.05, 3.63) is 65.2 Å². The molecule has 0 saturated heterocycles. The number of rotatable bonds is 4. The molecule has 5 heteroatoms. The van der Waals surface area contributed by atoms with Crippen LogP contribution in [0.5, 0.6) is 0 Å². The fourth-order valence-corrected chi connectivity index (χ4v) is 2.15. The molecule has 2 amide bonds. The third-order valence-corrected chi connectivity index (χ3v) is 3.64. The molecule has 124 valence electrons. The minimum Gasteiger partial charge on any atom is -0.317 e. The number of hydrogen-bond acceptors (Lipinski definition) is 3. The summed E-state index contributed by atoms with van der Waals surface area (Å²) in [6, 6.07) is 15.4. The maximum Gasteiger partial charge on any atom is 0.329 e. The molecule has 0 saturated carbocycles. The lowest BCUT2D eigenvalue weighted by Gasteiger charge is -2.08. The van der Waals surface area contributed by atoms with E-state index >= 15 is 0 Å². The van der Waals surface area contributed by atoms with Crippen molar-refractivity contribution in [1.82, 2.24) is 5.43 Å². The lowest BCUT2D eigenvalue weighted by molar-refractivity contribution is -0.136. The Morgan fingerprint density at radius 1 is 1.04 bits per heavy atom. The van der Waals surface area contributed by atoms with Gasteiger partial charge in [0.1, 0.15) is 0 Å². The molecule has 0 aliphatic heterocycles. The van der Waals surface area contributed by atoms with E-state index in [1.807, 2.05) is 69.3 Å². The van der Waals surface area contributed by atoms with E-state index in [1.54, 1.807) is 6.21 Å². The summed E-state index contributed by atoms with van der Waals surface area (Å²) in [5.41, 5.74) is 5.85. The average Bonchev–Trinajstić information content (AvgIpc) is 2.58. The van der Waals surface area contributed by atoms with Gasteiger partial charge in [0.2, 0.25) is 0 Å². The summed E-state index contributed by atoms with van der Waals surface area (Å²) < 4.78 is 0. The van der Waals surface area contributed by atoms with Gasteiger partial charge in [-0.3, -0.25) is 9.59 Å². The smallest absolute Gasteiger partial charge is 0.317 e. The first-order valence-corrected chi connectivity index (χ1v) is 7.74. The first kappa shape index (κ1) is 17.4. The third kappa shape index (κ3) is 4.78. The average molecular weight is 323 g/mol. The Morgan fingerprint density at radius 3 is 2.46 bits per heavy atom. The number of aryl methyl sites for hydroxylation is 2. The Bertz CT molecular complexity index is 754. The molecule has 0 aromatic heterocycles. The van der Waals surface area contributed by atoms with Crippen molar-refractivity contribution in [1.29, 1.82) is 0 Å². The molecule has 24 heavy (non-hydrogen) atoms. The van der Waals surface area contributed by atoms with Crippen LogP contribution in [-0.4, -0.2) is 18.0 Å². The van der Waals surface area contributed by atoms with Crippen LogP contribution < -0.4 is 10.7 Å². The number of nitrogens with zero attached hydrogens (tertiary/aromatic N) is 1. The molecule has 0 aliphatic carbocycles. The second-order valence-corrected chi connectivity index (χ2v) is 5.69. The lowest BCUT2D eigenvalue weighted by Crippen LogP contribution is -2.32. The van der Waals surface area contributed by atoms with Crippen LogP contribution in [0, 0.1) is 13.8 Å². The molecular formula is C19H21N3O2. The highest BCUT2D eigenvalue weighted by atomic mass is 16.2. The fourth-order valence-electron chi connectivity index (χ4n) is 2.15. The summed E-state index contributed by atoms with van der Waals surface area (Å²) in [5.74, 6) is -1.51. The highest BCUT2D eigenvalue weighted by Crippen LogP contribution is 2.16. The molecule has 2 aromatic carbocycles. The molecule has 1 atom stereocenters. The summed E-state index contributed by atoms with van der Waals surface area (Å²) in [4.78, 5) is 23.7. The number of hydrogen-bond donors (Lipinski definition) is 2. The Kier molecular flexibility index (Phi) is 5.84. The summed E-state index contributed by atoms with van der Waals surface area (Å²) in [7, 11) is 0. The topological polar surface area (TPSA) is 70.6 Å². The molecule has 0 radical (unpaired) electrons. The van der Waals surface area contributed by atoms with Crippen LogP contribution in [0.3, 0.4) is 0 Å². The molecule has 2 aromatic rings. The van der Waals surface area contributed by atoms with Crippen LogP contribution in [0.4, 0.5) is 5.69 Å². The van der Waals surface area contributed by atoms with E-state index in [0.717, 1.165) is 16.7 Å². The number of hydrazone groups is 1. The van der Waals surface area contributed by atoms with Gasteiger partial charge in [0.25, 0.3) is 0 Å². The number of carbonyl (C=O) groups excluding carboxylic acids is 2. The number of anilines is 1. The van der Waals surface area contributed by atoms with Gasteiger partial charge in [-0.2, -0.15) is 5.10 Å². The standard InChI is InChI=1S/C19H21N3O2/c1-13-9-10-14(2)17(11-13)21-18(23)19(24)22-20-12-15(3)16-7-5-4-6-8-16/h4-12,15H,1-3H3,(H,21,23)(H,22,24)/b20-12+. The van der Waals surface area contributed by atoms with E-state index in [9.17, 15) is 9.59 Å². The van der Waals surface area contributed by atoms with Crippen LogP contribution in [0.2, 0.25) is 0 Å². The van der Waals surface area contributed by atoms with Gasteiger partial charge in [0, 0.05) is 17.8 Å². The van der Waals surface area contributed by atoms with Crippen LogP contribution in [0.1, 0.15) is 29.5 Å². The second kappa shape index (κ2) is 8.06. The number of nitrogens with one attached hydrogen (secondary N) is 2. The summed E-state index contributed by atoms with van der Waals surface area (Å²) >= 11 is 0. The number of carbonyl (C=O) groups is 2. The van der Waals surface area contributed by atoms with Gasteiger partial charge in [-0.15, -0.1) is 0 Å². The van der Waals surface area contributed by atoms with Gasteiger partial charge in [-0.05, 0) is 36.6 Å². The van der Waals surface area contributed by atoms with Gasteiger partial charge in [-0.1, -0.05) is 49.4 Å². The molecule has 0 fully saturated rings. The van der Waals surface area contributed by atoms with Crippen molar-refractivity contribution in [3.63, 3.8) is 0 Å². The van der Waals surface area contributed by atoms with E-state index in [1.165, 1.54) is 0 Å². The van der Waals surface area contributed by atoms with Gasteiger partial charge in [0.05, 0.1) is 0 Å². The Morgan fingerprint density at radius 2 is 1.75 bits per heavy atom. The van der Waals surface area contributed by atoms with Crippen LogP contribution in [-0.2, 0) is 9.59 Å². The quantitative estimate of drug-likeness (QED) is 0.515. The zero-order valence-electron chi connectivity index (χ0n) is 14.0. The fraction of sp³-hybridized carbons (Fsp3) is 0.211. The van der Waals surface area contributed by atoms with Crippen molar-refractivity contribution in [2.45, 2.75) is 26.7 Å². The zero-order chi connectivity index (χ0) is 17.5. The largest absolute Gasteiger partial charge is 0.329 e. The van der Waals surface area contributed by atoms with Crippen molar-refractivity contribution in [2.75, 3.05) is 5.32 Å². The summed E-state index contributed by atoms with van der Waals surface area (Å²) in [5, 5.41) is 6.46. The van der Waals surface area contributed by atoms with Crippen LogP contribution in [0.15, 0.2) is 53.6 Å². The predicted octanol–water partition coefficient (Wildman–Crippen LogP) is 3.15. The molecule has 0 bridgehead atoms. The molecule has 1 unspecified atom stereocenters. The normalized spacial score (nSPS) is 12.0. The SMILES string of the molecule is Cc1ccc(C)c(NC(=O)C(=O)N/N=C/C(C)c2ccccc2)c1. The van der Waals surface area contributed by atoms with E-state index in [4.69, 9.17) is 0 Å². The Balaban J connectivity index is 1.91. The van der Waals surface area contributed by atoms with Crippen molar-refractivity contribution >= 4 is 23.7 Å². The molecule has 5 nitrogen and oxygen atoms in total. The first-order valence-electron chi connectivity index (χ1n) is 7.74. The van der Waals surface area contributed by atoms with Gasteiger partial charge in [-0.25, -0.2) is 5.43 Å². The zero-order valence-corrected chi connectivity index (χ0v) is 14.0. The molecule has 0 spiro atoms. The second-order valence-electron chi connectivity index (χ2n) is 5.69. The number of benzene rings is 2. The van der Waals surface area contributed by atoms with Crippen molar-refractivity contribution in [2.24, 2.45) is 5.10 Å². The Hall–Kier alpha value is -2.95. The summed E-state index contributed by atoms with van der Waals surface area (Å²) in [6.45, 7) is 5.75. The van der Waals surface area contributed by atoms with Gasteiger partial charge < -0.3 is 5.32 Å². The van der Waals surface area contributed by atoms with Crippen LogP contribution in [0.25, 0.3) is 0 Å². The highest BCUT2D eigenvalue weighted by molar-refractivity contribution is 6.39. The maximum absolute atomic E-state index is 11.9. The molecule has 2 rings (SSSR count). The lowest BCUT2D eigenvalue weighted by atomic mass is 10.0. The highest BCUT2D eigenvalue weighted by Gasteiger charge is 2.14. The van der Waals surface area contributed by atoms with E-state index < -0.39 is 11.8 Å². The maximum atomic E-state index is 11.9. The van der Waals surface area contributed by atoms with E-state index in [0.29, 0.717) is 5.69 Å². The van der Waals surface area contributed by atoms with E-state index in [2.05, 4.69) is 15.8 Å². The summed E-state index contributed by atoms with van der Waals surface area (Å²) in [6.07, 6.45) is 1.60. The monoisotopic (exact) mass is 323 g/mol. The molecular weight excluding hydrogens is 302 g/mol. The Labute approximate surface area is 141 Å². The molecule has 2 N–H and O–H groups in total. The molecule has 0 aliphatic rings. The van der Waals surface area contributed by atoms with Gasteiger partial charge in [0.15, 0.2) is 0 Å². The van der Waals surface area contributed by atoms with Crippen molar-refractivity contribution < 1.29 is 9.59 Å². The van der Waals surface area contributed by atoms with Gasteiger partial charge >= 0.3 is 11.8 Å². The third-order valence-electron chi connectivity index (χ3n) is 3.64. The van der Waals surface area contributed by atoms with Crippen LogP contribution >= 0.6 is 0 Å².